The molecule has 0 fully saturated rings. The van der Waals surface area contributed by atoms with Crippen LogP contribution in [0.15, 0.2) is 47.5 Å². The molecule has 154 valence electrons. The summed E-state index contributed by atoms with van der Waals surface area (Å²) in [5.41, 5.74) is 7.79. The second-order valence-electron chi connectivity index (χ2n) is 6.20. The van der Waals surface area contributed by atoms with Crippen molar-refractivity contribution in [3.05, 3.63) is 48.0 Å². The van der Waals surface area contributed by atoms with E-state index in [1.165, 1.54) is 0 Å². The largest absolute Gasteiger partial charge is 0.493 e. The minimum Gasteiger partial charge on any atom is -0.493 e. The number of guanidine groups is 1. The highest BCUT2D eigenvalue weighted by molar-refractivity contribution is 14.0. The van der Waals surface area contributed by atoms with Crippen LogP contribution in [0.2, 0.25) is 0 Å². The van der Waals surface area contributed by atoms with Crippen molar-refractivity contribution in [2.75, 3.05) is 46.8 Å². The number of benzene rings is 2. The van der Waals surface area contributed by atoms with E-state index in [0.29, 0.717) is 30.6 Å². The molecule has 28 heavy (non-hydrogen) atoms. The van der Waals surface area contributed by atoms with Gasteiger partial charge in [-0.25, -0.2) is 4.99 Å². The van der Waals surface area contributed by atoms with E-state index in [1.54, 1.807) is 20.3 Å². The maximum atomic E-state index is 6.00. The molecule has 0 radical (unpaired) electrons. The van der Waals surface area contributed by atoms with Crippen molar-refractivity contribution in [2.24, 2.45) is 10.7 Å². The highest BCUT2D eigenvalue weighted by Crippen LogP contribution is 2.29. The average molecular weight is 500 g/mol. The SMILES string of the molecule is COc1ccc(NC(N)=NCc2cccc(OCCN(C)C)c2)cc1OC.I. The molecule has 0 spiro atoms. The normalized spacial score (nSPS) is 11.0. The van der Waals surface area contributed by atoms with E-state index in [1.807, 2.05) is 50.5 Å². The Bertz CT molecular complexity index is 769. The third-order valence-electron chi connectivity index (χ3n) is 3.79. The molecule has 0 saturated carbocycles. The summed E-state index contributed by atoms with van der Waals surface area (Å²) in [7, 11) is 7.22. The number of nitrogens with zero attached hydrogens (tertiary/aromatic N) is 2. The lowest BCUT2D eigenvalue weighted by atomic mass is 10.2. The van der Waals surface area contributed by atoms with E-state index >= 15 is 0 Å². The molecule has 0 aromatic heterocycles. The van der Waals surface area contributed by atoms with Crippen LogP contribution >= 0.6 is 24.0 Å². The first-order chi connectivity index (χ1) is 13.0. The molecule has 0 unspecified atom stereocenters. The number of hydrogen-bond donors (Lipinski definition) is 2. The number of rotatable bonds is 9. The van der Waals surface area contributed by atoms with Crippen molar-refractivity contribution in [1.29, 1.82) is 0 Å². The third-order valence-corrected chi connectivity index (χ3v) is 3.79. The molecular weight excluding hydrogens is 471 g/mol. The number of hydrogen-bond acceptors (Lipinski definition) is 5. The Morgan fingerprint density at radius 3 is 2.50 bits per heavy atom. The van der Waals surface area contributed by atoms with Crippen LogP contribution in [0.3, 0.4) is 0 Å². The van der Waals surface area contributed by atoms with Crippen LogP contribution in [0.4, 0.5) is 5.69 Å². The van der Waals surface area contributed by atoms with Crippen molar-refractivity contribution in [1.82, 2.24) is 4.90 Å². The predicted molar refractivity (Wildman–Crippen MR) is 124 cm³/mol. The number of aliphatic imine (C=N–C) groups is 1. The van der Waals surface area contributed by atoms with Crippen molar-refractivity contribution in [3.63, 3.8) is 0 Å². The fraction of sp³-hybridized carbons (Fsp3) is 0.350. The summed E-state index contributed by atoms with van der Waals surface area (Å²) in [5.74, 6) is 2.43. The zero-order valence-electron chi connectivity index (χ0n) is 16.8. The number of nitrogens with two attached hydrogens (primary N) is 1. The molecule has 0 amide bonds. The molecule has 2 aromatic rings. The van der Waals surface area contributed by atoms with E-state index in [4.69, 9.17) is 19.9 Å². The van der Waals surface area contributed by atoms with Gasteiger partial charge in [-0.05, 0) is 43.9 Å². The van der Waals surface area contributed by atoms with Gasteiger partial charge in [0.15, 0.2) is 17.5 Å². The second kappa shape index (κ2) is 12.3. The molecule has 3 N–H and O–H groups in total. The summed E-state index contributed by atoms with van der Waals surface area (Å²) < 4.78 is 16.3. The Hall–Kier alpha value is -2.20. The van der Waals surface area contributed by atoms with E-state index in [2.05, 4.69) is 15.2 Å². The lowest BCUT2D eigenvalue weighted by molar-refractivity contribution is 0.261. The van der Waals surface area contributed by atoms with Gasteiger partial charge in [0.2, 0.25) is 0 Å². The highest BCUT2D eigenvalue weighted by Gasteiger charge is 2.05. The van der Waals surface area contributed by atoms with Crippen molar-refractivity contribution in [2.45, 2.75) is 6.54 Å². The van der Waals surface area contributed by atoms with Gasteiger partial charge in [-0.1, -0.05) is 12.1 Å². The van der Waals surface area contributed by atoms with Gasteiger partial charge in [-0.3, -0.25) is 0 Å². The Labute approximate surface area is 183 Å². The molecule has 2 aromatic carbocycles. The fourth-order valence-electron chi connectivity index (χ4n) is 2.36. The van der Waals surface area contributed by atoms with Crippen LogP contribution in [-0.4, -0.2) is 52.3 Å². The van der Waals surface area contributed by atoms with Crippen molar-refractivity contribution in [3.8, 4) is 17.2 Å². The molecule has 2 rings (SSSR count). The van der Waals surface area contributed by atoms with E-state index < -0.39 is 0 Å². The Morgan fingerprint density at radius 2 is 1.82 bits per heavy atom. The Morgan fingerprint density at radius 1 is 1.07 bits per heavy atom. The first-order valence-electron chi connectivity index (χ1n) is 8.67. The Balaban J connectivity index is 0.00000392. The first-order valence-corrected chi connectivity index (χ1v) is 8.67. The van der Waals surface area contributed by atoms with Gasteiger partial charge < -0.3 is 30.2 Å². The van der Waals surface area contributed by atoms with Crippen LogP contribution < -0.4 is 25.3 Å². The summed E-state index contributed by atoms with van der Waals surface area (Å²) in [6, 6.07) is 13.3. The molecule has 0 aliphatic carbocycles. The fourth-order valence-corrected chi connectivity index (χ4v) is 2.36. The number of nitrogens with one attached hydrogen (secondary N) is 1. The monoisotopic (exact) mass is 500 g/mol. The van der Waals surface area contributed by atoms with Gasteiger partial charge >= 0.3 is 0 Å². The van der Waals surface area contributed by atoms with Crippen LogP contribution in [-0.2, 0) is 6.54 Å². The molecule has 0 atom stereocenters. The topological polar surface area (TPSA) is 81.3 Å². The molecule has 0 heterocycles. The number of methoxy groups -OCH3 is 2. The average Bonchev–Trinajstić information content (AvgIpc) is 2.66. The molecule has 0 aliphatic rings. The van der Waals surface area contributed by atoms with Gasteiger partial charge in [0.25, 0.3) is 0 Å². The van der Waals surface area contributed by atoms with Gasteiger partial charge in [0.1, 0.15) is 12.4 Å². The summed E-state index contributed by atoms with van der Waals surface area (Å²) >= 11 is 0. The van der Waals surface area contributed by atoms with Crippen LogP contribution in [0, 0.1) is 0 Å². The van der Waals surface area contributed by atoms with E-state index in [9.17, 15) is 0 Å². The molecular formula is C20H29IN4O3. The van der Waals surface area contributed by atoms with Crippen LogP contribution in [0.1, 0.15) is 5.56 Å². The number of likely N-dealkylation sites (N-methyl/N-ethyl adjacent to an activating group) is 1. The quantitative estimate of drug-likeness (QED) is 0.313. The van der Waals surface area contributed by atoms with Gasteiger partial charge in [-0.2, -0.15) is 0 Å². The first kappa shape index (κ1) is 23.8. The molecule has 0 aliphatic heterocycles. The summed E-state index contributed by atoms with van der Waals surface area (Å²) in [5, 5.41) is 3.05. The molecule has 7 nitrogen and oxygen atoms in total. The highest BCUT2D eigenvalue weighted by atomic mass is 127. The van der Waals surface area contributed by atoms with Crippen LogP contribution in [0.5, 0.6) is 17.2 Å². The minimum atomic E-state index is 0. The minimum absolute atomic E-state index is 0. The summed E-state index contributed by atoms with van der Waals surface area (Å²) in [6.45, 7) is 1.96. The standard InChI is InChI=1S/C20H28N4O3.HI/c1-24(2)10-11-27-17-7-5-6-15(12-17)14-22-20(21)23-16-8-9-18(25-3)19(13-16)26-4;/h5-9,12-13H,10-11,14H2,1-4H3,(H3,21,22,23);1H. The molecule has 0 saturated heterocycles. The van der Waals surface area contributed by atoms with Crippen molar-refractivity contribution >= 4 is 35.6 Å². The lowest BCUT2D eigenvalue weighted by Gasteiger charge is -2.12. The number of anilines is 1. The maximum Gasteiger partial charge on any atom is 0.193 e. The Kier molecular flexibility index (Phi) is 10.5. The summed E-state index contributed by atoms with van der Waals surface area (Å²) in [4.78, 5) is 6.46. The van der Waals surface area contributed by atoms with Crippen LogP contribution in [0.25, 0.3) is 0 Å². The smallest absolute Gasteiger partial charge is 0.193 e. The zero-order valence-corrected chi connectivity index (χ0v) is 19.1. The number of halogens is 1. The molecule has 0 bridgehead atoms. The second-order valence-corrected chi connectivity index (χ2v) is 6.20. The number of ether oxygens (including phenoxy) is 3. The van der Waals surface area contributed by atoms with E-state index in [-0.39, 0.29) is 24.0 Å². The predicted octanol–water partition coefficient (Wildman–Crippen LogP) is 3.19. The maximum absolute atomic E-state index is 6.00. The van der Waals surface area contributed by atoms with Gasteiger partial charge in [0.05, 0.1) is 20.8 Å². The van der Waals surface area contributed by atoms with Gasteiger partial charge in [0, 0.05) is 18.3 Å². The molecule has 8 heteroatoms. The third kappa shape index (κ3) is 7.81. The van der Waals surface area contributed by atoms with E-state index in [0.717, 1.165) is 23.5 Å². The van der Waals surface area contributed by atoms with Crippen molar-refractivity contribution < 1.29 is 14.2 Å². The van der Waals surface area contributed by atoms with Gasteiger partial charge in [-0.15, -0.1) is 24.0 Å². The summed E-state index contributed by atoms with van der Waals surface area (Å²) in [6.07, 6.45) is 0. The lowest BCUT2D eigenvalue weighted by Crippen LogP contribution is -2.22. The zero-order chi connectivity index (χ0) is 19.6.